The van der Waals surface area contributed by atoms with E-state index in [0.29, 0.717) is 0 Å². The highest BCUT2D eigenvalue weighted by atomic mass is 15.4. The molecular weight excluding hydrogens is 176 g/mol. The average Bonchev–Trinajstić information content (AvgIpc) is 2.58. The van der Waals surface area contributed by atoms with Crippen LogP contribution in [-0.4, -0.2) is 21.5 Å². The van der Waals surface area contributed by atoms with Crippen molar-refractivity contribution in [2.75, 3.05) is 6.54 Å². The molecule has 0 aromatic carbocycles. The van der Waals surface area contributed by atoms with Crippen LogP contribution in [0.25, 0.3) is 0 Å². The third-order valence-corrected chi connectivity index (χ3v) is 2.16. The molecule has 0 aliphatic carbocycles. The highest BCUT2D eigenvalue weighted by Crippen LogP contribution is 1.97. The van der Waals surface area contributed by atoms with Gasteiger partial charge in [0.2, 0.25) is 0 Å². The Bertz CT molecular complexity index is 244. The maximum Gasteiger partial charge on any atom is 0.0964 e. The molecule has 1 rings (SSSR count). The number of unbranched alkanes of at least 4 members (excludes halogenated alkanes) is 3. The second-order valence-corrected chi connectivity index (χ2v) is 3.62. The Labute approximate surface area is 85.7 Å². The maximum absolute atomic E-state index is 4.00. The van der Waals surface area contributed by atoms with Gasteiger partial charge in [-0.1, -0.05) is 31.4 Å². The fourth-order valence-electron chi connectivity index (χ4n) is 1.37. The van der Waals surface area contributed by atoms with Gasteiger partial charge in [0.25, 0.3) is 0 Å². The fourth-order valence-corrected chi connectivity index (χ4v) is 1.37. The van der Waals surface area contributed by atoms with E-state index in [0.717, 1.165) is 18.8 Å². The van der Waals surface area contributed by atoms with Gasteiger partial charge in [0.1, 0.15) is 0 Å². The zero-order valence-corrected chi connectivity index (χ0v) is 9.16. The number of aryl methyl sites for hydroxylation is 1. The van der Waals surface area contributed by atoms with Gasteiger partial charge in [-0.15, -0.1) is 5.10 Å². The van der Waals surface area contributed by atoms with Crippen molar-refractivity contribution in [3.63, 3.8) is 0 Å². The molecule has 0 radical (unpaired) electrons. The summed E-state index contributed by atoms with van der Waals surface area (Å²) in [6.45, 7) is 4.14. The summed E-state index contributed by atoms with van der Waals surface area (Å²) < 4.78 is 1.73. The number of rotatable bonds is 7. The van der Waals surface area contributed by atoms with E-state index in [9.17, 15) is 0 Å². The van der Waals surface area contributed by atoms with Crippen LogP contribution in [0.2, 0.25) is 0 Å². The molecular formula is C10H20N4. The summed E-state index contributed by atoms with van der Waals surface area (Å²) in [5.41, 5.74) is 1.02. The monoisotopic (exact) mass is 196 g/mol. The Kier molecular flexibility index (Phi) is 5.22. The minimum absolute atomic E-state index is 0.833. The number of hydrogen-bond acceptors (Lipinski definition) is 3. The van der Waals surface area contributed by atoms with Gasteiger partial charge in [-0.25, -0.2) is 0 Å². The molecule has 1 N–H and O–H groups in total. The van der Waals surface area contributed by atoms with Crippen molar-refractivity contribution >= 4 is 0 Å². The molecule has 80 valence electrons. The van der Waals surface area contributed by atoms with Gasteiger partial charge in [0.05, 0.1) is 5.69 Å². The van der Waals surface area contributed by atoms with E-state index >= 15 is 0 Å². The molecule has 1 heterocycles. The van der Waals surface area contributed by atoms with Crippen molar-refractivity contribution in [3.05, 3.63) is 11.9 Å². The first-order valence-electron chi connectivity index (χ1n) is 5.39. The number of nitrogens with zero attached hydrogens (tertiary/aromatic N) is 3. The topological polar surface area (TPSA) is 42.7 Å². The average molecular weight is 196 g/mol. The lowest BCUT2D eigenvalue weighted by molar-refractivity contribution is 0.593. The second-order valence-electron chi connectivity index (χ2n) is 3.62. The normalized spacial score (nSPS) is 10.7. The number of nitrogens with one attached hydrogen (secondary N) is 1. The Morgan fingerprint density at radius 1 is 1.36 bits per heavy atom. The van der Waals surface area contributed by atoms with E-state index in [4.69, 9.17) is 0 Å². The fraction of sp³-hybridized carbons (Fsp3) is 0.800. The lowest BCUT2D eigenvalue weighted by Gasteiger charge is -2.01. The molecule has 1 aromatic rings. The molecule has 0 unspecified atom stereocenters. The number of aromatic nitrogens is 3. The minimum Gasteiger partial charge on any atom is -0.311 e. The molecule has 1 aromatic heterocycles. The molecule has 14 heavy (non-hydrogen) atoms. The van der Waals surface area contributed by atoms with Crippen molar-refractivity contribution in [1.29, 1.82) is 0 Å². The lowest BCUT2D eigenvalue weighted by atomic mass is 10.2. The summed E-state index contributed by atoms with van der Waals surface area (Å²) in [4.78, 5) is 0. The molecule has 0 saturated carbocycles. The molecule has 4 heteroatoms. The first-order chi connectivity index (χ1) is 6.83. The van der Waals surface area contributed by atoms with Crippen molar-refractivity contribution in [1.82, 2.24) is 20.3 Å². The van der Waals surface area contributed by atoms with Gasteiger partial charge in [-0.3, -0.25) is 4.68 Å². The minimum atomic E-state index is 0.833. The predicted molar refractivity (Wildman–Crippen MR) is 56.9 cm³/mol. The van der Waals surface area contributed by atoms with Crippen LogP contribution in [0.5, 0.6) is 0 Å². The maximum atomic E-state index is 4.00. The van der Waals surface area contributed by atoms with Gasteiger partial charge in [0.15, 0.2) is 0 Å². The highest BCUT2D eigenvalue weighted by molar-refractivity contribution is 4.90. The zero-order chi connectivity index (χ0) is 10.2. The van der Waals surface area contributed by atoms with E-state index in [-0.39, 0.29) is 0 Å². The smallest absolute Gasteiger partial charge is 0.0964 e. The SMILES string of the molecule is CCCCCCNCc1cn(C)nn1. The molecule has 0 amide bonds. The number of hydrogen-bond donors (Lipinski definition) is 1. The quantitative estimate of drug-likeness (QED) is 0.672. The van der Waals surface area contributed by atoms with Crippen molar-refractivity contribution in [2.24, 2.45) is 7.05 Å². The molecule has 0 aliphatic rings. The summed E-state index contributed by atoms with van der Waals surface area (Å²) in [5, 5.41) is 11.2. The summed E-state index contributed by atoms with van der Waals surface area (Å²) in [7, 11) is 1.89. The summed E-state index contributed by atoms with van der Waals surface area (Å²) in [6, 6.07) is 0. The van der Waals surface area contributed by atoms with Gasteiger partial charge in [-0.2, -0.15) is 0 Å². The lowest BCUT2D eigenvalue weighted by Crippen LogP contribution is -2.14. The van der Waals surface area contributed by atoms with Crippen LogP contribution in [0.15, 0.2) is 6.20 Å². The van der Waals surface area contributed by atoms with Crippen LogP contribution >= 0.6 is 0 Å². The third-order valence-electron chi connectivity index (χ3n) is 2.16. The molecule has 0 aliphatic heterocycles. The highest BCUT2D eigenvalue weighted by Gasteiger charge is 1.96. The van der Waals surface area contributed by atoms with Crippen LogP contribution in [-0.2, 0) is 13.6 Å². The van der Waals surface area contributed by atoms with Crippen LogP contribution in [0.1, 0.15) is 38.3 Å². The molecule has 0 bridgehead atoms. The predicted octanol–water partition coefficient (Wildman–Crippen LogP) is 1.48. The van der Waals surface area contributed by atoms with E-state index < -0.39 is 0 Å². The van der Waals surface area contributed by atoms with E-state index in [2.05, 4.69) is 22.6 Å². The largest absolute Gasteiger partial charge is 0.311 e. The van der Waals surface area contributed by atoms with Gasteiger partial charge >= 0.3 is 0 Å². The van der Waals surface area contributed by atoms with Gasteiger partial charge in [0, 0.05) is 19.8 Å². The molecule has 0 spiro atoms. The standard InChI is InChI=1S/C10H20N4/c1-3-4-5-6-7-11-8-10-9-14(2)13-12-10/h9,11H,3-8H2,1-2H3. The molecule has 0 saturated heterocycles. The Balaban J connectivity index is 1.99. The Hall–Kier alpha value is -0.900. The van der Waals surface area contributed by atoms with Crippen molar-refractivity contribution < 1.29 is 0 Å². The second kappa shape index (κ2) is 6.54. The van der Waals surface area contributed by atoms with Crippen LogP contribution in [0.4, 0.5) is 0 Å². The van der Waals surface area contributed by atoms with Crippen LogP contribution < -0.4 is 5.32 Å². The molecule has 0 atom stereocenters. The van der Waals surface area contributed by atoms with E-state index in [1.807, 2.05) is 13.2 Å². The molecule has 4 nitrogen and oxygen atoms in total. The summed E-state index contributed by atoms with van der Waals surface area (Å²) >= 11 is 0. The van der Waals surface area contributed by atoms with Crippen molar-refractivity contribution in [3.8, 4) is 0 Å². The van der Waals surface area contributed by atoms with Crippen LogP contribution in [0.3, 0.4) is 0 Å². The Morgan fingerprint density at radius 3 is 2.86 bits per heavy atom. The summed E-state index contributed by atoms with van der Waals surface area (Å²) in [5.74, 6) is 0. The first-order valence-corrected chi connectivity index (χ1v) is 5.39. The van der Waals surface area contributed by atoms with E-state index in [1.165, 1.54) is 25.7 Å². The molecule has 0 fully saturated rings. The van der Waals surface area contributed by atoms with Crippen molar-refractivity contribution in [2.45, 2.75) is 39.2 Å². The Morgan fingerprint density at radius 2 is 2.21 bits per heavy atom. The first kappa shape index (κ1) is 11.2. The van der Waals surface area contributed by atoms with Crippen LogP contribution in [0, 0.1) is 0 Å². The summed E-state index contributed by atoms with van der Waals surface area (Å²) in [6.07, 6.45) is 7.16. The third kappa shape index (κ3) is 4.37. The zero-order valence-electron chi connectivity index (χ0n) is 9.16. The van der Waals surface area contributed by atoms with E-state index in [1.54, 1.807) is 4.68 Å². The van der Waals surface area contributed by atoms with Gasteiger partial charge in [-0.05, 0) is 13.0 Å². The van der Waals surface area contributed by atoms with Gasteiger partial charge < -0.3 is 5.32 Å².